The van der Waals surface area contributed by atoms with E-state index in [-0.39, 0.29) is 18.1 Å². The molecule has 0 radical (unpaired) electrons. The summed E-state index contributed by atoms with van der Waals surface area (Å²) in [5, 5.41) is 6.47. The number of nitrogens with zero attached hydrogens (tertiary/aromatic N) is 4. The Morgan fingerprint density at radius 1 is 1.09 bits per heavy atom. The summed E-state index contributed by atoms with van der Waals surface area (Å²) in [7, 11) is 1.61. The highest BCUT2D eigenvalue weighted by atomic mass is 19.1. The van der Waals surface area contributed by atoms with Crippen molar-refractivity contribution in [1.82, 2.24) is 19.9 Å². The minimum Gasteiger partial charge on any atom is -0.497 e. The van der Waals surface area contributed by atoms with Gasteiger partial charge >= 0.3 is 0 Å². The van der Waals surface area contributed by atoms with Gasteiger partial charge in [-0.15, -0.1) is 0 Å². The SMILES string of the molecule is COc1ccc(-c2noc(CN3CCN(CC(=O)Nc4cc(F)ccc4F)CC3)n2)cc1. The molecule has 0 saturated carbocycles. The first-order chi connectivity index (χ1) is 15.5. The average Bonchev–Trinajstić information content (AvgIpc) is 3.26. The van der Waals surface area contributed by atoms with E-state index in [1.807, 2.05) is 29.2 Å². The predicted molar refractivity (Wildman–Crippen MR) is 113 cm³/mol. The van der Waals surface area contributed by atoms with Gasteiger partial charge in [-0.25, -0.2) is 8.78 Å². The number of benzene rings is 2. The highest BCUT2D eigenvalue weighted by molar-refractivity contribution is 5.92. The molecule has 0 aliphatic carbocycles. The zero-order valence-electron chi connectivity index (χ0n) is 17.6. The van der Waals surface area contributed by atoms with Crippen LogP contribution in [-0.2, 0) is 11.3 Å². The summed E-state index contributed by atoms with van der Waals surface area (Å²) in [6.07, 6.45) is 0. The van der Waals surface area contributed by atoms with Gasteiger partial charge in [0.15, 0.2) is 0 Å². The summed E-state index contributed by atoms with van der Waals surface area (Å²) in [6.45, 7) is 3.34. The molecule has 1 aliphatic heterocycles. The fourth-order valence-electron chi connectivity index (χ4n) is 3.46. The Morgan fingerprint density at radius 2 is 1.81 bits per heavy atom. The van der Waals surface area contributed by atoms with E-state index >= 15 is 0 Å². The molecule has 0 unspecified atom stereocenters. The molecule has 1 fully saturated rings. The molecule has 8 nitrogen and oxygen atoms in total. The van der Waals surface area contributed by atoms with Crippen molar-refractivity contribution in [3.8, 4) is 17.1 Å². The van der Waals surface area contributed by atoms with Crippen LogP contribution in [0, 0.1) is 11.6 Å². The lowest BCUT2D eigenvalue weighted by atomic mass is 10.2. The minimum absolute atomic E-state index is 0.103. The number of nitrogens with one attached hydrogen (secondary N) is 1. The first-order valence-electron chi connectivity index (χ1n) is 10.2. The monoisotopic (exact) mass is 443 g/mol. The number of amides is 1. The van der Waals surface area contributed by atoms with Crippen LogP contribution in [0.5, 0.6) is 5.75 Å². The van der Waals surface area contributed by atoms with E-state index in [9.17, 15) is 13.6 Å². The second-order valence-corrected chi connectivity index (χ2v) is 7.46. The molecule has 1 saturated heterocycles. The Bertz CT molecular complexity index is 1070. The van der Waals surface area contributed by atoms with Crippen LogP contribution in [0.2, 0.25) is 0 Å². The third kappa shape index (κ3) is 5.45. The van der Waals surface area contributed by atoms with Crippen LogP contribution in [0.1, 0.15) is 5.89 Å². The van der Waals surface area contributed by atoms with Gasteiger partial charge < -0.3 is 14.6 Å². The molecule has 32 heavy (non-hydrogen) atoms. The molecule has 1 N–H and O–H groups in total. The van der Waals surface area contributed by atoms with Crippen LogP contribution in [0.3, 0.4) is 0 Å². The average molecular weight is 443 g/mol. The van der Waals surface area contributed by atoms with Crippen molar-refractivity contribution in [1.29, 1.82) is 0 Å². The van der Waals surface area contributed by atoms with Gasteiger partial charge in [-0.1, -0.05) is 5.16 Å². The second-order valence-electron chi connectivity index (χ2n) is 7.46. The minimum atomic E-state index is -0.668. The van der Waals surface area contributed by atoms with Gasteiger partial charge in [-0.2, -0.15) is 4.98 Å². The second kappa shape index (κ2) is 9.84. The summed E-state index contributed by atoms with van der Waals surface area (Å²) in [6, 6.07) is 10.4. The van der Waals surface area contributed by atoms with E-state index in [4.69, 9.17) is 9.26 Å². The maximum atomic E-state index is 13.7. The Kier molecular flexibility index (Phi) is 6.72. The maximum absolute atomic E-state index is 13.7. The molecule has 1 aromatic heterocycles. The summed E-state index contributed by atoms with van der Waals surface area (Å²) in [5.41, 5.74) is 0.684. The molecule has 10 heteroatoms. The number of hydrogen-bond acceptors (Lipinski definition) is 7. The number of anilines is 1. The van der Waals surface area contributed by atoms with Crippen molar-refractivity contribution >= 4 is 11.6 Å². The number of hydrogen-bond donors (Lipinski definition) is 1. The van der Waals surface area contributed by atoms with E-state index < -0.39 is 11.6 Å². The number of methoxy groups -OCH3 is 1. The van der Waals surface area contributed by atoms with Crippen molar-refractivity contribution in [3.05, 3.63) is 60.0 Å². The number of carbonyl (C=O) groups excluding carboxylic acids is 1. The first-order valence-corrected chi connectivity index (χ1v) is 10.2. The van der Waals surface area contributed by atoms with E-state index in [0.29, 0.717) is 44.4 Å². The standard InChI is InChI=1S/C22H23F2N5O3/c1-31-17-5-2-15(3-6-17)22-26-21(32-27-22)14-29-10-8-28(9-11-29)13-20(30)25-19-12-16(23)4-7-18(19)24/h2-7,12H,8-11,13-14H2,1H3,(H,25,30). The van der Waals surface area contributed by atoms with Crippen LogP contribution < -0.4 is 10.1 Å². The largest absolute Gasteiger partial charge is 0.497 e. The van der Waals surface area contributed by atoms with Crippen LogP contribution in [0.25, 0.3) is 11.4 Å². The van der Waals surface area contributed by atoms with Gasteiger partial charge in [0.05, 0.1) is 25.9 Å². The third-order valence-electron chi connectivity index (χ3n) is 5.21. The number of aromatic nitrogens is 2. The fraction of sp³-hybridized carbons (Fsp3) is 0.318. The normalized spacial score (nSPS) is 15.0. The molecule has 4 rings (SSSR count). The first kappa shape index (κ1) is 21.8. The Balaban J connectivity index is 1.25. The van der Waals surface area contributed by atoms with Crippen molar-refractivity contribution < 1.29 is 22.8 Å². The van der Waals surface area contributed by atoms with Gasteiger partial charge in [0.25, 0.3) is 0 Å². The van der Waals surface area contributed by atoms with Crippen LogP contribution in [0.15, 0.2) is 47.0 Å². The molecular weight excluding hydrogens is 420 g/mol. The van der Waals surface area contributed by atoms with E-state index in [2.05, 4.69) is 20.4 Å². The van der Waals surface area contributed by atoms with Crippen LogP contribution in [-0.4, -0.2) is 65.7 Å². The highest BCUT2D eigenvalue weighted by Crippen LogP contribution is 2.20. The van der Waals surface area contributed by atoms with Crippen LogP contribution in [0.4, 0.5) is 14.5 Å². The van der Waals surface area contributed by atoms with Gasteiger partial charge in [0.2, 0.25) is 17.6 Å². The molecular formula is C22H23F2N5O3. The maximum Gasteiger partial charge on any atom is 0.241 e. The lowest BCUT2D eigenvalue weighted by Crippen LogP contribution is -2.48. The molecule has 1 aliphatic rings. The smallest absolute Gasteiger partial charge is 0.241 e. The molecule has 1 amide bonds. The zero-order valence-corrected chi connectivity index (χ0v) is 17.6. The summed E-state index contributed by atoms with van der Waals surface area (Å²) < 4.78 is 37.5. The molecule has 2 heterocycles. The molecule has 0 spiro atoms. The quantitative estimate of drug-likeness (QED) is 0.601. The number of carbonyl (C=O) groups is 1. The van der Waals surface area contributed by atoms with Gasteiger partial charge in [-0.3, -0.25) is 14.6 Å². The van der Waals surface area contributed by atoms with Crippen LogP contribution >= 0.6 is 0 Å². The lowest BCUT2D eigenvalue weighted by Gasteiger charge is -2.33. The molecule has 2 aromatic carbocycles. The number of ether oxygens (including phenoxy) is 1. The zero-order chi connectivity index (χ0) is 22.5. The summed E-state index contributed by atoms with van der Waals surface area (Å²) in [5.74, 6) is 0.129. The number of halogens is 2. The van der Waals surface area contributed by atoms with E-state index in [1.165, 1.54) is 0 Å². The summed E-state index contributed by atoms with van der Waals surface area (Å²) in [4.78, 5) is 20.8. The predicted octanol–water partition coefficient (Wildman–Crippen LogP) is 2.78. The molecule has 3 aromatic rings. The molecule has 168 valence electrons. The highest BCUT2D eigenvalue weighted by Gasteiger charge is 2.21. The molecule has 0 bridgehead atoms. The van der Waals surface area contributed by atoms with E-state index in [0.717, 1.165) is 29.5 Å². The van der Waals surface area contributed by atoms with Gasteiger partial charge in [0, 0.05) is 37.8 Å². The summed E-state index contributed by atoms with van der Waals surface area (Å²) >= 11 is 0. The van der Waals surface area contributed by atoms with Crippen molar-refractivity contribution in [2.75, 3.05) is 45.2 Å². The Hall–Kier alpha value is -3.37. The topological polar surface area (TPSA) is 83.7 Å². The number of piperazine rings is 1. The van der Waals surface area contributed by atoms with Crippen molar-refractivity contribution in [2.45, 2.75) is 6.54 Å². The molecule has 0 atom stereocenters. The lowest BCUT2D eigenvalue weighted by molar-refractivity contribution is -0.117. The van der Waals surface area contributed by atoms with E-state index in [1.54, 1.807) is 7.11 Å². The van der Waals surface area contributed by atoms with Gasteiger partial charge in [-0.05, 0) is 36.4 Å². The number of rotatable bonds is 7. The van der Waals surface area contributed by atoms with Gasteiger partial charge in [0.1, 0.15) is 17.4 Å². The Morgan fingerprint density at radius 3 is 2.53 bits per heavy atom. The third-order valence-corrected chi connectivity index (χ3v) is 5.21. The fourth-order valence-corrected chi connectivity index (χ4v) is 3.46. The van der Waals surface area contributed by atoms with Crippen molar-refractivity contribution in [2.24, 2.45) is 0 Å². The Labute approximate surface area is 183 Å². The van der Waals surface area contributed by atoms with Crippen molar-refractivity contribution in [3.63, 3.8) is 0 Å².